The number of benzene rings is 2. The number of hydrogen-bond acceptors (Lipinski definition) is 6. The third-order valence-electron chi connectivity index (χ3n) is 3.95. The summed E-state index contributed by atoms with van der Waals surface area (Å²) in [5, 5.41) is 11.9. The van der Waals surface area contributed by atoms with Gasteiger partial charge in [-0.05, 0) is 56.2 Å². The predicted octanol–water partition coefficient (Wildman–Crippen LogP) is 3.42. The molecule has 2 aromatic carbocycles. The third kappa shape index (κ3) is 6.38. The van der Waals surface area contributed by atoms with Crippen LogP contribution in [-0.4, -0.2) is 31.6 Å². The zero-order valence-corrected chi connectivity index (χ0v) is 17.4. The first-order valence-electron chi connectivity index (χ1n) is 9.33. The predicted molar refractivity (Wildman–Crippen MR) is 112 cm³/mol. The van der Waals surface area contributed by atoms with Crippen molar-refractivity contribution in [2.24, 2.45) is 0 Å². The van der Waals surface area contributed by atoms with Crippen LogP contribution in [0.4, 0.5) is 0 Å². The van der Waals surface area contributed by atoms with Crippen LogP contribution in [0.5, 0.6) is 17.2 Å². The zero-order chi connectivity index (χ0) is 22.1. The average Bonchev–Trinajstić information content (AvgIpc) is 2.71. The van der Waals surface area contributed by atoms with Crippen LogP contribution < -0.4 is 19.5 Å². The fourth-order valence-electron chi connectivity index (χ4n) is 2.52. The van der Waals surface area contributed by atoms with Gasteiger partial charge in [-0.1, -0.05) is 24.3 Å². The Morgan fingerprint density at radius 1 is 1.13 bits per heavy atom. The molecule has 0 unspecified atom stereocenters. The average molecular weight is 408 g/mol. The number of nitrogens with zero attached hydrogens (tertiary/aromatic N) is 1. The molecule has 2 rings (SSSR count). The molecule has 1 N–H and O–H groups in total. The van der Waals surface area contributed by atoms with E-state index in [9.17, 15) is 14.9 Å². The first-order valence-corrected chi connectivity index (χ1v) is 9.33. The molecule has 0 fully saturated rings. The molecule has 0 spiro atoms. The lowest BCUT2D eigenvalue weighted by molar-refractivity contribution is -0.136. The molecule has 0 bridgehead atoms. The highest BCUT2D eigenvalue weighted by Gasteiger charge is 2.14. The Bertz CT molecular complexity index is 989. The molecule has 2 aromatic rings. The maximum absolute atomic E-state index is 12.2. The van der Waals surface area contributed by atoms with Crippen LogP contribution in [-0.2, 0) is 9.59 Å². The van der Waals surface area contributed by atoms with Crippen LogP contribution in [0.2, 0.25) is 0 Å². The molecule has 156 valence electrons. The van der Waals surface area contributed by atoms with Crippen molar-refractivity contribution in [3.63, 3.8) is 0 Å². The third-order valence-corrected chi connectivity index (χ3v) is 3.95. The number of ether oxygens (including phenoxy) is 3. The van der Waals surface area contributed by atoms with Crippen LogP contribution in [0.1, 0.15) is 25.0 Å². The van der Waals surface area contributed by atoms with Crippen molar-refractivity contribution in [2.45, 2.75) is 26.8 Å². The maximum atomic E-state index is 12.2. The lowest BCUT2D eigenvalue weighted by atomic mass is 10.1. The largest absolute Gasteiger partial charge is 0.493 e. The van der Waals surface area contributed by atoms with E-state index in [2.05, 4.69) is 5.32 Å². The summed E-state index contributed by atoms with van der Waals surface area (Å²) in [4.78, 5) is 24.2. The van der Waals surface area contributed by atoms with E-state index in [0.29, 0.717) is 11.3 Å². The van der Waals surface area contributed by atoms with Crippen molar-refractivity contribution in [1.29, 1.82) is 5.26 Å². The number of carbonyl (C=O) groups excluding carboxylic acids is 2. The minimum Gasteiger partial charge on any atom is -0.493 e. The van der Waals surface area contributed by atoms with Crippen molar-refractivity contribution in [2.75, 3.05) is 13.7 Å². The molecule has 7 nitrogen and oxygen atoms in total. The highest BCUT2D eigenvalue weighted by Crippen LogP contribution is 2.29. The van der Waals surface area contributed by atoms with Gasteiger partial charge in [-0.2, -0.15) is 5.26 Å². The fraction of sp³-hybridized carbons (Fsp3) is 0.261. The number of methoxy groups -OCH3 is 1. The summed E-state index contributed by atoms with van der Waals surface area (Å²) in [6.45, 7) is 5.24. The number of nitriles is 1. The summed E-state index contributed by atoms with van der Waals surface area (Å²) in [6.07, 6.45) is 1.44. The van der Waals surface area contributed by atoms with Crippen LogP contribution in [0.3, 0.4) is 0 Å². The van der Waals surface area contributed by atoms with E-state index in [1.54, 1.807) is 18.2 Å². The number of aryl methyl sites for hydroxylation is 1. The SMILES string of the molecule is COc1cc(/C=C(\C#N)C(=O)NC(C)C)ccc1OC(=O)COc1ccccc1C. The topological polar surface area (TPSA) is 97.6 Å². The smallest absolute Gasteiger partial charge is 0.349 e. The number of amides is 1. The fourth-order valence-corrected chi connectivity index (χ4v) is 2.52. The van der Waals surface area contributed by atoms with Gasteiger partial charge in [0.25, 0.3) is 5.91 Å². The van der Waals surface area contributed by atoms with E-state index in [1.165, 1.54) is 19.3 Å². The Morgan fingerprint density at radius 3 is 2.50 bits per heavy atom. The summed E-state index contributed by atoms with van der Waals surface area (Å²) in [7, 11) is 1.43. The molecule has 0 aliphatic heterocycles. The van der Waals surface area contributed by atoms with Gasteiger partial charge in [0.2, 0.25) is 0 Å². The minimum absolute atomic E-state index is 0.0397. The molecular formula is C23H24N2O5. The van der Waals surface area contributed by atoms with Crippen LogP contribution in [0.25, 0.3) is 6.08 Å². The Labute approximate surface area is 175 Å². The van der Waals surface area contributed by atoms with Gasteiger partial charge >= 0.3 is 5.97 Å². The molecule has 0 aliphatic rings. The van der Waals surface area contributed by atoms with Crippen molar-refractivity contribution in [3.05, 3.63) is 59.2 Å². The molecule has 0 aromatic heterocycles. The molecule has 30 heavy (non-hydrogen) atoms. The quantitative estimate of drug-likeness (QED) is 0.311. The summed E-state index contributed by atoms with van der Waals surface area (Å²) >= 11 is 0. The second-order valence-electron chi connectivity index (χ2n) is 6.74. The molecular weight excluding hydrogens is 384 g/mol. The first kappa shape index (κ1) is 22.5. The van der Waals surface area contributed by atoms with Crippen LogP contribution in [0, 0.1) is 18.3 Å². The van der Waals surface area contributed by atoms with Crippen molar-refractivity contribution in [1.82, 2.24) is 5.32 Å². The molecule has 0 radical (unpaired) electrons. The van der Waals surface area contributed by atoms with Crippen LogP contribution >= 0.6 is 0 Å². The van der Waals surface area contributed by atoms with E-state index in [-0.39, 0.29) is 29.7 Å². The van der Waals surface area contributed by atoms with Gasteiger partial charge in [0, 0.05) is 6.04 Å². The van der Waals surface area contributed by atoms with E-state index in [1.807, 2.05) is 45.0 Å². The number of para-hydroxylation sites is 1. The van der Waals surface area contributed by atoms with Crippen LogP contribution in [0.15, 0.2) is 48.0 Å². The Balaban J connectivity index is 2.10. The summed E-state index contributed by atoms with van der Waals surface area (Å²) in [5.74, 6) is 0.0440. The Kier molecular flexibility index (Phi) is 8.00. The second kappa shape index (κ2) is 10.7. The number of nitrogens with one attached hydrogen (secondary N) is 1. The second-order valence-corrected chi connectivity index (χ2v) is 6.74. The molecule has 0 atom stereocenters. The summed E-state index contributed by atoms with van der Waals surface area (Å²) in [6, 6.07) is 13.9. The van der Waals surface area contributed by atoms with E-state index in [4.69, 9.17) is 14.2 Å². The Hall–Kier alpha value is -3.79. The molecule has 0 heterocycles. The molecule has 0 saturated carbocycles. The maximum Gasteiger partial charge on any atom is 0.349 e. The summed E-state index contributed by atoms with van der Waals surface area (Å²) < 4.78 is 16.1. The van der Waals surface area contributed by atoms with E-state index in [0.717, 1.165) is 5.56 Å². The van der Waals surface area contributed by atoms with Crippen molar-refractivity contribution >= 4 is 18.0 Å². The van der Waals surface area contributed by atoms with Crippen molar-refractivity contribution in [3.8, 4) is 23.3 Å². The standard InChI is InChI=1S/C23H24N2O5/c1-15(2)25-23(27)18(13-24)11-17-9-10-20(21(12-17)28-4)30-22(26)14-29-19-8-6-5-7-16(19)3/h5-12,15H,14H2,1-4H3,(H,25,27)/b18-11+. The van der Waals surface area contributed by atoms with Gasteiger partial charge in [0.1, 0.15) is 17.4 Å². The highest BCUT2D eigenvalue weighted by molar-refractivity contribution is 6.01. The first-order chi connectivity index (χ1) is 14.3. The zero-order valence-electron chi connectivity index (χ0n) is 17.4. The molecule has 0 aliphatic carbocycles. The monoisotopic (exact) mass is 408 g/mol. The number of esters is 1. The lowest BCUT2D eigenvalue weighted by Gasteiger charge is -2.12. The van der Waals surface area contributed by atoms with Gasteiger partial charge in [0.15, 0.2) is 18.1 Å². The minimum atomic E-state index is -0.589. The Morgan fingerprint density at radius 2 is 1.87 bits per heavy atom. The molecule has 0 saturated heterocycles. The van der Waals surface area contributed by atoms with Gasteiger partial charge in [-0.25, -0.2) is 4.79 Å². The molecule has 1 amide bonds. The molecule has 7 heteroatoms. The highest BCUT2D eigenvalue weighted by atomic mass is 16.6. The lowest BCUT2D eigenvalue weighted by Crippen LogP contribution is -2.30. The van der Waals surface area contributed by atoms with Crippen molar-refractivity contribution < 1.29 is 23.8 Å². The number of rotatable bonds is 8. The van der Waals surface area contributed by atoms with Gasteiger partial charge in [-0.3, -0.25) is 4.79 Å². The van der Waals surface area contributed by atoms with E-state index < -0.39 is 11.9 Å². The normalized spacial score (nSPS) is 10.9. The van der Waals surface area contributed by atoms with Gasteiger partial charge < -0.3 is 19.5 Å². The van der Waals surface area contributed by atoms with E-state index >= 15 is 0 Å². The summed E-state index contributed by atoms with van der Waals surface area (Å²) in [5.41, 5.74) is 1.43. The van der Waals surface area contributed by atoms with Gasteiger partial charge in [-0.15, -0.1) is 0 Å². The van der Waals surface area contributed by atoms with Gasteiger partial charge in [0.05, 0.1) is 7.11 Å². The number of carbonyl (C=O) groups is 2. The number of hydrogen-bond donors (Lipinski definition) is 1.